The van der Waals surface area contributed by atoms with Crippen LogP contribution in [0.25, 0.3) is 0 Å². The van der Waals surface area contributed by atoms with Crippen molar-refractivity contribution in [1.29, 1.82) is 0 Å². The molecule has 1 aromatic carbocycles. The molecular formula is C27H39NO2. The second-order valence-corrected chi connectivity index (χ2v) is 11.8. The van der Waals surface area contributed by atoms with Gasteiger partial charge in [-0.25, -0.2) is 0 Å². The quantitative estimate of drug-likeness (QED) is 0.709. The van der Waals surface area contributed by atoms with Gasteiger partial charge in [-0.05, 0) is 105 Å². The lowest BCUT2D eigenvalue weighted by Gasteiger charge is -2.58. The first-order valence-electron chi connectivity index (χ1n) is 12.2. The minimum atomic E-state index is -0.483. The van der Waals surface area contributed by atoms with E-state index in [1.807, 2.05) is 6.92 Å². The third-order valence-corrected chi connectivity index (χ3v) is 9.78. The number of fused-ring (bicyclic) bond motifs is 5. The average molecular weight is 410 g/mol. The van der Waals surface area contributed by atoms with Gasteiger partial charge in [0.2, 0.25) is 0 Å². The van der Waals surface area contributed by atoms with Gasteiger partial charge in [0.1, 0.15) is 5.78 Å². The Kier molecular flexibility index (Phi) is 4.85. The van der Waals surface area contributed by atoms with Crippen LogP contribution in [-0.2, 0) is 4.79 Å². The van der Waals surface area contributed by atoms with E-state index in [1.54, 1.807) is 0 Å². The molecule has 0 saturated heterocycles. The Morgan fingerprint density at radius 3 is 2.40 bits per heavy atom. The summed E-state index contributed by atoms with van der Waals surface area (Å²) in [6.07, 6.45) is 8.48. The lowest BCUT2D eigenvalue weighted by molar-refractivity contribution is -0.137. The number of hydrogen-bond acceptors (Lipinski definition) is 3. The van der Waals surface area contributed by atoms with Crippen molar-refractivity contribution < 1.29 is 9.90 Å². The molecule has 164 valence electrons. The zero-order chi connectivity index (χ0) is 21.3. The molecule has 4 fully saturated rings. The van der Waals surface area contributed by atoms with Crippen molar-refractivity contribution in [2.45, 2.75) is 76.7 Å². The number of anilines is 1. The van der Waals surface area contributed by atoms with E-state index in [4.69, 9.17) is 0 Å². The third kappa shape index (κ3) is 3.15. The van der Waals surface area contributed by atoms with Gasteiger partial charge in [-0.2, -0.15) is 0 Å². The SMILES string of the molecule is CN(C)c1ccc([C@H]2C[C@]3(C)C(=O)CC[C@H]3[C@@H]3CC[C@H]4C[C@@](C)(O)CC[C@@H]4[C@H]32)cc1. The summed E-state index contributed by atoms with van der Waals surface area (Å²) >= 11 is 0. The number of carbonyl (C=O) groups is 1. The normalized spacial score (nSPS) is 45.4. The zero-order valence-corrected chi connectivity index (χ0v) is 19.2. The molecule has 0 unspecified atom stereocenters. The molecule has 4 aliphatic carbocycles. The molecule has 0 bridgehead atoms. The Bertz CT molecular complexity index is 813. The fourth-order valence-electron chi connectivity index (χ4n) is 8.34. The molecule has 0 aromatic heterocycles. The van der Waals surface area contributed by atoms with Crippen LogP contribution in [0, 0.1) is 35.0 Å². The maximum absolute atomic E-state index is 13.1. The standard InChI is InChI=1S/C27H39NO2/c1-26(30)14-13-20-18(15-26)7-10-21-23-11-12-24(29)27(23,2)16-22(25(20)21)17-5-8-19(9-6-17)28(3)4/h5-6,8-9,18,20-23,25,30H,7,10-16H2,1-4H3/t18-,20-,21-,22+,23-,25+,26-,27-/m0/s1. The van der Waals surface area contributed by atoms with E-state index in [2.05, 4.69) is 50.2 Å². The molecule has 1 N–H and O–H groups in total. The second kappa shape index (κ2) is 7.08. The molecule has 0 aliphatic heterocycles. The number of benzene rings is 1. The number of hydrogen-bond donors (Lipinski definition) is 1. The summed E-state index contributed by atoms with van der Waals surface area (Å²) in [5.41, 5.74) is 2.07. The van der Waals surface area contributed by atoms with Crippen molar-refractivity contribution in [3.05, 3.63) is 29.8 Å². The van der Waals surface area contributed by atoms with Gasteiger partial charge >= 0.3 is 0 Å². The van der Waals surface area contributed by atoms with Crippen LogP contribution >= 0.6 is 0 Å². The molecule has 1 aromatic rings. The monoisotopic (exact) mass is 409 g/mol. The van der Waals surface area contributed by atoms with E-state index >= 15 is 0 Å². The van der Waals surface area contributed by atoms with Crippen molar-refractivity contribution in [3.63, 3.8) is 0 Å². The van der Waals surface area contributed by atoms with Crippen LogP contribution in [0.5, 0.6) is 0 Å². The minimum Gasteiger partial charge on any atom is -0.390 e. The van der Waals surface area contributed by atoms with Crippen LogP contribution in [-0.4, -0.2) is 30.6 Å². The number of carbonyl (C=O) groups excluding carboxylic acids is 1. The fraction of sp³-hybridized carbons (Fsp3) is 0.741. The Hall–Kier alpha value is -1.35. The van der Waals surface area contributed by atoms with Gasteiger partial charge < -0.3 is 10.0 Å². The third-order valence-electron chi connectivity index (χ3n) is 9.78. The van der Waals surface area contributed by atoms with E-state index < -0.39 is 5.60 Å². The summed E-state index contributed by atoms with van der Waals surface area (Å²) in [5, 5.41) is 10.8. The largest absolute Gasteiger partial charge is 0.390 e. The molecular weight excluding hydrogens is 370 g/mol. The summed E-state index contributed by atoms with van der Waals surface area (Å²) in [7, 11) is 4.18. The van der Waals surface area contributed by atoms with Crippen LogP contribution in [0.1, 0.15) is 76.7 Å². The highest BCUT2D eigenvalue weighted by Gasteiger charge is 2.60. The van der Waals surface area contributed by atoms with Gasteiger partial charge in [-0.1, -0.05) is 19.1 Å². The summed E-state index contributed by atoms with van der Waals surface area (Å²) in [6.45, 7) is 4.34. The molecule has 0 heterocycles. The molecule has 4 saturated carbocycles. The molecule has 3 nitrogen and oxygen atoms in total. The smallest absolute Gasteiger partial charge is 0.139 e. The van der Waals surface area contributed by atoms with Crippen molar-refractivity contribution in [2.24, 2.45) is 35.0 Å². The maximum atomic E-state index is 13.1. The van der Waals surface area contributed by atoms with Crippen molar-refractivity contribution in [2.75, 3.05) is 19.0 Å². The molecule has 8 atom stereocenters. The van der Waals surface area contributed by atoms with E-state index in [1.165, 1.54) is 24.1 Å². The van der Waals surface area contributed by atoms with Crippen LogP contribution in [0.4, 0.5) is 5.69 Å². The first kappa shape index (κ1) is 20.5. The highest BCUT2D eigenvalue weighted by atomic mass is 16.3. The van der Waals surface area contributed by atoms with Crippen molar-refractivity contribution in [3.8, 4) is 0 Å². The lowest BCUT2D eigenvalue weighted by atomic mass is 9.46. The molecule has 0 amide bonds. The van der Waals surface area contributed by atoms with E-state index in [9.17, 15) is 9.90 Å². The van der Waals surface area contributed by atoms with Crippen molar-refractivity contribution in [1.82, 2.24) is 0 Å². The summed E-state index contributed by atoms with van der Waals surface area (Å²) in [4.78, 5) is 15.2. The Balaban J connectivity index is 1.53. The lowest BCUT2D eigenvalue weighted by Crippen LogP contribution is -2.53. The maximum Gasteiger partial charge on any atom is 0.139 e. The first-order valence-corrected chi connectivity index (χ1v) is 12.2. The minimum absolute atomic E-state index is 0.126. The van der Waals surface area contributed by atoms with E-state index in [0.29, 0.717) is 41.3 Å². The predicted octanol–water partition coefficient (Wildman–Crippen LogP) is 5.42. The molecule has 5 rings (SSSR count). The van der Waals surface area contributed by atoms with Crippen LogP contribution in [0.2, 0.25) is 0 Å². The molecule has 3 heteroatoms. The fourth-order valence-corrected chi connectivity index (χ4v) is 8.34. The Morgan fingerprint density at radius 2 is 1.70 bits per heavy atom. The van der Waals surface area contributed by atoms with Gasteiger partial charge in [0.05, 0.1) is 5.60 Å². The number of aliphatic hydroxyl groups is 1. The highest BCUT2D eigenvalue weighted by Crippen LogP contribution is 2.65. The molecule has 0 spiro atoms. The van der Waals surface area contributed by atoms with Crippen LogP contribution in [0.3, 0.4) is 0 Å². The summed E-state index contributed by atoms with van der Waals surface area (Å²) < 4.78 is 0. The van der Waals surface area contributed by atoms with Gasteiger partial charge in [-0.15, -0.1) is 0 Å². The average Bonchev–Trinajstić information content (AvgIpc) is 3.01. The summed E-state index contributed by atoms with van der Waals surface area (Å²) in [5.74, 6) is 4.30. The van der Waals surface area contributed by atoms with E-state index in [-0.39, 0.29) is 5.41 Å². The molecule has 30 heavy (non-hydrogen) atoms. The Morgan fingerprint density at radius 1 is 0.967 bits per heavy atom. The van der Waals surface area contributed by atoms with Gasteiger partial charge in [-0.3, -0.25) is 4.79 Å². The number of nitrogens with zero attached hydrogens (tertiary/aromatic N) is 1. The number of Topliss-reactive ketones (excluding diaryl/α,β-unsaturated/α-hetero) is 1. The van der Waals surface area contributed by atoms with Crippen molar-refractivity contribution >= 4 is 11.5 Å². The van der Waals surface area contributed by atoms with Crippen LogP contribution < -0.4 is 4.90 Å². The topological polar surface area (TPSA) is 40.5 Å². The van der Waals surface area contributed by atoms with Gasteiger partial charge in [0.15, 0.2) is 0 Å². The van der Waals surface area contributed by atoms with Gasteiger partial charge in [0.25, 0.3) is 0 Å². The molecule has 4 aliphatic rings. The Labute approximate surface area is 182 Å². The molecule has 0 radical (unpaired) electrons. The first-order chi connectivity index (χ1) is 14.2. The van der Waals surface area contributed by atoms with Gasteiger partial charge in [0, 0.05) is 31.6 Å². The highest BCUT2D eigenvalue weighted by molar-refractivity contribution is 5.87. The number of rotatable bonds is 2. The zero-order valence-electron chi connectivity index (χ0n) is 19.2. The van der Waals surface area contributed by atoms with E-state index in [0.717, 1.165) is 38.5 Å². The second-order valence-electron chi connectivity index (χ2n) is 11.8. The summed E-state index contributed by atoms with van der Waals surface area (Å²) in [6, 6.07) is 9.17. The van der Waals surface area contributed by atoms with Crippen LogP contribution in [0.15, 0.2) is 24.3 Å². The predicted molar refractivity (Wildman–Crippen MR) is 122 cm³/mol. The number of ketones is 1.